The Morgan fingerprint density at radius 2 is 1.16 bits per heavy atom. The zero-order valence-electron chi connectivity index (χ0n) is 7.80. The SMILES string of the molecule is NC(N)C(N)CC(=O)OC(N)C(N)N.[NaH].[NaH].[NaH].[NaH].[NaH]. The molecule has 8 nitrogen and oxygen atoms in total. The molecule has 13 heteroatoms. The number of esters is 1. The molecule has 0 bridgehead atoms. The first-order valence-corrected chi connectivity index (χ1v) is 4.07. The van der Waals surface area contributed by atoms with Crippen LogP contribution in [0, 0.1) is 0 Å². The summed E-state index contributed by atoms with van der Waals surface area (Å²) in [4.78, 5) is 11.1. The third-order valence-corrected chi connectivity index (χ3v) is 1.54. The Labute approximate surface area is 224 Å². The number of carbonyl (C=O) groups excluding carboxylic acids is 1. The first kappa shape index (κ1) is 38.7. The number of rotatable bonds is 5. The Balaban J connectivity index is -0.0000000845. The minimum atomic E-state index is -1.05. The van der Waals surface area contributed by atoms with Crippen LogP contribution in [-0.4, -0.2) is 178 Å². The van der Waals surface area contributed by atoms with Crippen molar-refractivity contribution in [2.45, 2.75) is 31.0 Å². The van der Waals surface area contributed by atoms with Gasteiger partial charge in [-0.1, -0.05) is 0 Å². The van der Waals surface area contributed by atoms with Gasteiger partial charge in [-0.3, -0.25) is 10.5 Å². The van der Waals surface area contributed by atoms with Crippen LogP contribution in [0.4, 0.5) is 0 Å². The molecule has 0 saturated heterocycles. The molecular formula is C6H23N6Na5O2. The van der Waals surface area contributed by atoms with Crippen molar-refractivity contribution in [1.29, 1.82) is 0 Å². The third-order valence-electron chi connectivity index (χ3n) is 1.54. The summed E-state index contributed by atoms with van der Waals surface area (Å²) in [6.07, 6.45) is -2.89. The normalized spacial score (nSPS) is 11.6. The van der Waals surface area contributed by atoms with Gasteiger partial charge in [-0.05, 0) is 0 Å². The molecular weight excluding hydrogens is 303 g/mol. The average molecular weight is 326 g/mol. The van der Waals surface area contributed by atoms with Crippen LogP contribution in [0.15, 0.2) is 0 Å². The van der Waals surface area contributed by atoms with Gasteiger partial charge in [-0.25, -0.2) is 0 Å². The molecule has 0 aromatic rings. The summed E-state index contributed by atoms with van der Waals surface area (Å²) in [5, 5.41) is 0. The van der Waals surface area contributed by atoms with Gasteiger partial charge in [0.05, 0.1) is 12.6 Å². The fraction of sp³-hybridized carbons (Fsp3) is 0.833. The first-order valence-electron chi connectivity index (χ1n) is 4.07. The van der Waals surface area contributed by atoms with Gasteiger partial charge in [0.2, 0.25) is 0 Å². The molecule has 0 aromatic carbocycles. The predicted molar refractivity (Wildman–Crippen MR) is 86.7 cm³/mol. The molecule has 0 saturated carbocycles. The minimum absolute atomic E-state index is 0. The van der Waals surface area contributed by atoms with Crippen molar-refractivity contribution in [1.82, 2.24) is 0 Å². The summed E-state index contributed by atoms with van der Waals surface area (Å²) in [6.45, 7) is 0. The summed E-state index contributed by atoms with van der Waals surface area (Å²) < 4.78 is 4.63. The van der Waals surface area contributed by atoms with Crippen molar-refractivity contribution < 1.29 is 9.53 Å². The quantitative estimate of drug-likeness (QED) is 0.163. The fourth-order valence-electron chi connectivity index (χ4n) is 0.607. The van der Waals surface area contributed by atoms with E-state index in [9.17, 15) is 4.79 Å². The van der Waals surface area contributed by atoms with E-state index in [2.05, 4.69) is 4.74 Å². The molecule has 0 amide bonds. The van der Waals surface area contributed by atoms with E-state index in [-0.39, 0.29) is 154 Å². The van der Waals surface area contributed by atoms with Gasteiger partial charge in [-0.15, -0.1) is 0 Å². The standard InChI is InChI=1S/C6H18N6O2.5Na.5H/c7-2(4(8)9)1-3(13)14-6(12)5(10)11;;;;;;;;;;/h2,4-6H,1,7-12H2;;;;;;;;;;. The summed E-state index contributed by atoms with van der Waals surface area (Å²) >= 11 is 0. The van der Waals surface area contributed by atoms with Crippen LogP contribution in [0.25, 0.3) is 0 Å². The van der Waals surface area contributed by atoms with Crippen molar-refractivity contribution in [2.24, 2.45) is 34.4 Å². The maximum absolute atomic E-state index is 11.1. The van der Waals surface area contributed by atoms with Gasteiger partial charge in [0.25, 0.3) is 0 Å². The van der Waals surface area contributed by atoms with Crippen LogP contribution < -0.4 is 34.4 Å². The summed E-state index contributed by atoms with van der Waals surface area (Å²) in [5.74, 6) is -0.633. The molecule has 0 aliphatic carbocycles. The Bertz CT molecular complexity index is 183. The molecule has 0 aromatic heterocycles. The molecule has 0 radical (unpaired) electrons. The third kappa shape index (κ3) is 22.2. The van der Waals surface area contributed by atoms with E-state index in [0.717, 1.165) is 0 Å². The molecule has 19 heavy (non-hydrogen) atoms. The van der Waals surface area contributed by atoms with Gasteiger partial charge < -0.3 is 33.4 Å². The topological polar surface area (TPSA) is 182 Å². The van der Waals surface area contributed by atoms with E-state index in [1.807, 2.05) is 0 Å². The molecule has 94 valence electrons. The van der Waals surface area contributed by atoms with E-state index < -0.39 is 30.6 Å². The zero-order chi connectivity index (χ0) is 11.3. The second kappa shape index (κ2) is 22.2. The molecule has 0 aliphatic rings. The predicted octanol–water partition coefficient (Wildman–Crippen LogP) is -7.22. The zero-order valence-corrected chi connectivity index (χ0v) is 7.80. The number of nitrogens with two attached hydrogens (primary N) is 6. The molecule has 0 heterocycles. The van der Waals surface area contributed by atoms with E-state index in [1.54, 1.807) is 0 Å². The molecule has 0 fully saturated rings. The monoisotopic (exact) mass is 326 g/mol. The number of hydrogen-bond donors (Lipinski definition) is 6. The number of carbonyl (C=O) groups is 1. The van der Waals surface area contributed by atoms with Crippen molar-refractivity contribution >= 4 is 154 Å². The van der Waals surface area contributed by atoms with Crippen LogP contribution >= 0.6 is 0 Å². The van der Waals surface area contributed by atoms with Crippen molar-refractivity contribution in [3.8, 4) is 0 Å². The Morgan fingerprint density at radius 1 is 0.789 bits per heavy atom. The van der Waals surface area contributed by atoms with E-state index in [0.29, 0.717) is 0 Å². The van der Waals surface area contributed by atoms with Gasteiger partial charge in [-0.2, -0.15) is 0 Å². The summed E-state index contributed by atoms with van der Waals surface area (Å²) in [5.41, 5.74) is 31.5. The van der Waals surface area contributed by atoms with Crippen LogP contribution in [0.2, 0.25) is 0 Å². The van der Waals surface area contributed by atoms with Crippen LogP contribution in [0.1, 0.15) is 6.42 Å². The fourth-order valence-corrected chi connectivity index (χ4v) is 0.607. The molecule has 0 spiro atoms. The Morgan fingerprint density at radius 3 is 1.42 bits per heavy atom. The Kier molecular flexibility index (Phi) is 45.2. The number of hydrogen-bond acceptors (Lipinski definition) is 8. The molecule has 12 N–H and O–H groups in total. The second-order valence-corrected chi connectivity index (χ2v) is 2.98. The Hall–Kier alpha value is 4.23. The van der Waals surface area contributed by atoms with Gasteiger partial charge in [0.1, 0.15) is 6.17 Å². The van der Waals surface area contributed by atoms with Gasteiger partial charge in [0.15, 0.2) is 6.23 Å². The molecule has 2 unspecified atom stereocenters. The molecule has 0 aliphatic heterocycles. The first-order chi connectivity index (χ1) is 6.34. The van der Waals surface area contributed by atoms with Gasteiger partial charge in [0, 0.05) is 6.04 Å². The van der Waals surface area contributed by atoms with E-state index in [4.69, 9.17) is 34.4 Å². The molecule has 0 rings (SSSR count). The summed E-state index contributed by atoms with van der Waals surface area (Å²) in [6, 6.07) is -0.677. The summed E-state index contributed by atoms with van der Waals surface area (Å²) in [7, 11) is 0. The van der Waals surface area contributed by atoms with Crippen molar-refractivity contribution in [3.05, 3.63) is 0 Å². The molecule has 2 atom stereocenters. The van der Waals surface area contributed by atoms with E-state index in [1.165, 1.54) is 0 Å². The van der Waals surface area contributed by atoms with Crippen LogP contribution in [-0.2, 0) is 9.53 Å². The van der Waals surface area contributed by atoms with Crippen LogP contribution in [0.3, 0.4) is 0 Å². The maximum atomic E-state index is 11.1. The van der Waals surface area contributed by atoms with Crippen molar-refractivity contribution in [2.75, 3.05) is 0 Å². The number of ether oxygens (including phenoxy) is 1. The van der Waals surface area contributed by atoms with Crippen LogP contribution in [0.5, 0.6) is 0 Å². The average Bonchev–Trinajstić information content (AvgIpc) is 2.03. The van der Waals surface area contributed by atoms with E-state index >= 15 is 0 Å². The van der Waals surface area contributed by atoms with Crippen molar-refractivity contribution in [3.63, 3.8) is 0 Å². The van der Waals surface area contributed by atoms with Gasteiger partial charge >= 0.3 is 154 Å². The second-order valence-electron chi connectivity index (χ2n) is 2.98.